The summed E-state index contributed by atoms with van der Waals surface area (Å²) in [6.45, 7) is 0.750. The summed E-state index contributed by atoms with van der Waals surface area (Å²) in [5, 5.41) is 0. The van der Waals surface area contributed by atoms with E-state index in [-0.39, 0.29) is 0 Å². The molecule has 88 valence electrons. The number of aryl methyl sites for hydroxylation is 2. The highest BCUT2D eigenvalue weighted by molar-refractivity contribution is 5.71. The summed E-state index contributed by atoms with van der Waals surface area (Å²) in [6.07, 6.45) is 4.93. The molecule has 0 saturated heterocycles. The molecule has 1 heterocycles. The van der Waals surface area contributed by atoms with Gasteiger partial charge in [-0.2, -0.15) is 0 Å². The quantitative estimate of drug-likeness (QED) is 0.737. The van der Waals surface area contributed by atoms with Gasteiger partial charge in [0.2, 0.25) is 0 Å². The molecule has 2 rings (SSSR count). The van der Waals surface area contributed by atoms with Gasteiger partial charge in [0, 0.05) is 6.54 Å². The van der Waals surface area contributed by atoms with Gasteiger partial charge in [-0.25, -0.2) is 4.98 Å². The first kappa shape index (κ1) is 11.4. The van der Waals surface area contributed by atoms with Crippen molar-refractivity contribution in [3.8, 4) is 5.75 Å². The monoisotopic (exact) mass is 230 g/mol. The predicted octanol–water partition coefficient (Wildman–Crippen LogP) is 1.95. The zero-order valence-corrected chi connectivity index (χ0v) is 9.67. The van der Waals surface area contributed by atoms with Crippen LogP contribution in [0.3, 0.4) is 0 Å². The molecule has 17 heavy (non-hydrogen) atoms. The minimum atomic E-state index is 0.610. The second-order valence-corrected chi connectivity index (χ2v) is 3.73. The number of benzene rings is 1. The summed E-state index contributed by atoms with van der Waals surface area (Å²) in [4.78, 5) is 14.7. The molecule has 0 aliphatic carbocycles. The van der Waals surface area contributed by atoms with Gasteiger partial charge in [-0.3, -0.25) is 4.79 Å². The highest BCUT2D eigenvalue weighted by atomic mass is 16.5. The fourth-order valence-corrected chi connectivity index (χ4v) is 1.66. The van der Waals surface area contributed by atoms with Gasteiger partial charge >= 0.3 is 0 Å². The minimum absolute atomic E-state index is 0.610. The topological polar surface area (TPSA) is 44.1 Å². The number of hydrogen-bond acceptors (Lipinski definition) is 3. The number of aldehydes is 1. The number of carbonyl (C=O) groups excluding carboxylic acids is 1. The number of rotatable bonds is 5. The van der Waals surface area contributed by atoms with Crippen molar-refractivity contribution in [2.45, 2.75) is 13.0 Å². The molecule has 0 radical (unpaired) electrons. The van der Waals surface area contributed by atoms with E-state index in [0.717, 1.165) is 25.0 Å². The van der Waals surface area contributed by atoms with Crippen molar-refractivity contribution in [3.63, 3.8) is 0 Å². The molecule has 2 aromatic rings. The summed E-state index contributed by atoms with van der Waals surface area (Å²) >= 11 is 0. The van der Waals surface area contributed by atoms with Crippen LogP contribution < -0.4 is 4.74 Å². The van der Waals surface area contributed by atoms with Crippen molar-refractivity contribution < 1.29 is 9.53 Å². The van der Waals surface area contributed by atoms with Gasteiger partial charge < -0.3 is 9.30 Å². The summed E-state index contributed by atoms with van der Waals surface area (Å²) in [5.74, 6) is 0.852. The third kappa shape index (κ3) is 2.72. The molecule has 4 nitrogen and oxygen atoms in total. The van der Waals surface area contributed by atoms with Crippen LogP contribution in [0.2, 0.25) is 0 Å². The average molecular weight is 230 g/mol. The van der Waals surface area contributed by atoms with Gasteiger partial charge in [0.25, 0.3) is 0 Å². The van der Waals surface area contributed by atoms with E-state index < -0.39 is 0 Å². The molecule has 0 aliphatic rings. The Morgan fingerprint density at radius 3 is 2.76 bits per heavy atom. The van der Waals surface area contributed by atoms with E-state index in [4.69, 9.17) is 4.74 Å². The van der Waals surface area contributed by atoms with Crippen LogP contribution in [0.1, 0.15) is 16.1 Å². The Balaban J connectivity index is 1.99. The molecule has 4 heteroatoms. The van der Waals surface area contributed by atoms with Crippen LogP contribution in [-0.2, 0) is 13.0 Å². The van der Waals surface area contributed by atoms with Crippen LogP contribution in [0, 0.1) is 0 Å². The first-order valence-corrected chi connectivity index (χ1v) is 5.41. The Morgan fingerprint density at radius 1 is 1.35 bits per heavy atom. The molecule has 0 atom stereocenters. The summed E-state index contributed by atoms with van der Waals surface area (Å²) in [6, 6.07) is 7.92. The van der Waals surface area contributed by atoms with Gasteiger partial charge in [-0.05, 0) is 24.1 Å². The van der Waals surface area contributed by atoms with Crippen LogP contribution in [0.15, 0.2) is 36.8 Å². The fraction of sp³-hybridized carbons (Fsp3) is 0.231. The number of nitrogens with zero attached hydrogens (tertiary/aromatic N) is 2. The van der Waals surface area contributed by atoms with Crippen molar-refractivity contribution in [1.29, 1.82) is 0 Å². The molecule has 0 spiro atoms. The number of hydrogen-bond donors (Lipinski definition) is 0. The number of methoxy groups -OCH3 is 1. The molecular weight excluding hydrogens is 216 g/mol. The lowest BCUT2D eigenvalue weighted by atomic mass is 10.1. The van der Waals surface area contributed by atoms with Crippen LogP contribution in [-0.4, -0.2) is 22.9 Å². The molecule has 0 N–H and O–H groups in total. The van der Waals surface area contributed by atoms with Gasteiger partial charge in [0.15, 0.2) is 6.29 Å². The van der Waals surface area contributed by atoms with E-state index in [2.05, 4.69) is 4.98 Å². The molecule has 0 bridgehead atoms. The predicted molar refractivity (Wildman–Crippen MR) is 64.3 cm³/mol. The number of imidazole rings is 1. The van der Waals surface area contributed by atoms with E-state index in [1.165, 1.54) is 5.56 Å². The second-order valence-electron chi connectivity index (χ2n) is 3.73. The van der Waals surface area contributed by atoms with Crippen molar-refractivity contribution in [3.05, 3.63) is 48.0 Å². The Hall–Kier alpha value is -2.10. The number of aromatic nitrogens is 2. The molecule has 0 fully saturated rings. The zero-order chi connectivity index (χ0) is 12.1. The Morgan fingerprint density at radius 2 is 2.12 bits per heavy atom. The van der Waals surface area contributed by atoms with Gasteiger partial charge in [-0.1, -0.05) is 12.1 Å². The molecule has 1 aromatic carbocycles. The van der Waals surface area contributed by atoms with E-state index in [1.807, 2.05) is 28.8 Å². The summed E-state index contributed by atoms with van der Waals surface area (Å²) in [5.41, 5.74) is 1.81. The van der Waals surface area contributed by atoms with E-state index in [9.17, 15) is 4.79 Å². The largest absolute Gasteiger partial charge is 0.497 e. The normalized spacial score (nSPS) is 10.2. The van der Waals surface area contributed by atoms with Crippen molar-refractivity contribution in [2.75, 3.05) is 7.11 Å². The van der Waals surface area contributed by atoms with Crippen molar-refractivity contribution >= 4 is 6.29 Å². The maximum Gasteiger partial charge on any atom is 0.168 e. The Kier molecular flexibility index (Phi) is 3.55. The van der Waals surface area contributed by atoms with Crippen LogP contribution in [0.5, 0.6) is 5.75 Å². The Bertz CT molecular complexity index is 488. The third-order valence-corrected chi connectivity index (χ3v) is 2.67. The van der Waals surface area contributed by atoms with E-state index in [1.54, 1.807) is 19.6 Å². The summed E-state index contributed by atoms with van der Waals surface area (Å²) in [7, 11) is 1.65. The minimum Gasteiger partial charge on any atom is -0.497 e. The van der Waals surface area contributed by atoms with Crippen LogP contribution >= 0.6 is 0 Å². The number of ether oxygens (including phenoxy) is 1. The second kappa shape index (κ2) is 5.30. The van der Waals surface area contributed by atoms with Crippen LogP contribution in [0.4, 0.5) is 0 Å². The molecule has 1 aromatic heterocycles. The van der Waals surface area contributed by atoms with Gasteiger partial charge in [0.05, 0.1) is 19.6 Å². The molecule has 0 saturated carbocycles. The maximum atomic E-state index is 10.7. The standard InChI is InChI=1S/C13H14N2O2/c1-17-13-4-2-11(3-5-13)6-7-15-10-14-8-12(15)9-16/h2-5,8-10H,6-7H2,1H3. The first-order chi connectivity index (χ1) is 8.33. The first-order valence-electron chi connectivity index (χ1n) is 5.41. The molecule has 0 unspecified atom stereocenters. The van der Waals surface area contributed by atoms with E-state index in [0.29, 0.717) is 5.69 Å². The summed E-state index contributed by atoms with van der Waals surface area (Å²) < 4.78 is 6.94. The molecular formula is C13H14N2O2. The molecule has 0 amide bonds. The third-order valence-electron chi connectivity index (χ3n) is 2.67. The smallest absolute Gasteiger partial charge is 0.168 e. The highest BCUT2D eigenvalue weighted by Gasteiger charge is 2.01. The van der Waals surface area contributed by atoms with Gasteiger partial charge in [0.1, 0.15) is 11.4 Å². The maximum absolute atomic E-state index is 10.7. The number of carbonyl (C=O) groups is 1. The van der Waals surface area contributed by atoms with Crippen molar-refractivity contribution in [2.24, 2.45) is 0 Å². The zero-order valence-electron chi connectivity index (χ0n) is 9.67. The fourth-order valence-electron chi connectivity index (χ4n) is 1.66. The molecule has 0 aliphatic heterocycles. The lowest BCUT2D eigenvalue weighted by Gasteiger charge is -2.05. The SMILES string of the molecule is COc1ccc(CCn2cncc2C=O)cc1. The Labute approximate surface area is 99.9 Å². The highest BCUT2D eigenvalue weighted by Crippen LogP contribution is 2.12. The van der Waals surface area contributed by atoms with Gasteiger partial charge in [-0.15, -0.1) is 0 Å². The lowest BCUT2D eigenvalue weighted by molar-refractivity contribution is 0.111. The lowest BCUT2D eigenvalue weighted by Crippen LogP contribution is -2.03. The van der Waals surface area contributed by atoms with Crippen LogP contribution in [0.25, 0.3) is 0 Å². The van der Waals surface area contributed by atoms with Crippen molar-refractivity contribution in [1.82, 2.24) is 9.55 Å². The average Bonchev–Trinajstić information content (AvgIpc) is 2.84. The van der Waals surface area contributed by atoms with E-state index >= 15 is 0 Å².